The van der Waals surface area contributed by atoms with Crippen molar-refractivity contribution in [3.05, 3.63) is 38.7 Å². The molecule has 1 aliphatic rings. The zero-order valence-corrected chi connectivity index (χ0v) is 13.0. The van der Waals surface area contributed by atoms with Crippen LogP contribution in [0.5, 0.6) is 0 Å². The summed E-state index contributed by atoms with van der Waals surface area (Å²) < 4.78 is 1.41. The average molecular weight is 318 g/mol. The molecule has 0 unspecified atom stereocenters. The number of aromatic nitrogens is 2. The maximum absolute atomic E-state index is 12.2. The number of hydrogen-bond donors (Lipinski definition) is 1. The lowest BCUT2D eigenvalue weighted by molar-refractivity contribution is -0.386. The minimum atomic E-state index is -0.677. The fourth-order valence-electron chi connectivity index (χ4n) is 2.69. The van der Waals surface area contributed by atoms with Crippen LogP contribution in [0.3, 0.4) is 0 Å². The monoisotopic (exact) mass is 318 g/mol. The van der Waals surface area contributed by atoms with Crippen molar-refractivity contribution >= 4 is 22.5 Å². The third kappa shape index (κ3) is 2.70. The molecule has 2 aromatic rings. The van der Waals surface area contributed by atoms with Gasteiger partial charge in [-0.05, 0) is 19.2 Å². The van der Waals surface area contributed by atoms with Gasteiger partial charge in [0.2, 0.25) is 0 Å². The van der Waals surface area contributed by atoms with Gasteiger partial charge in [-0.1, -0.05) is 0 Å². The van der Waals surface area contributed by atoms with E-state index < -0.39 is 16.0 Å². The molecule has 0 atom stereocenters. The molecule has 9 heteroatoms. The van der Waals surface area contributed by atoms with E-state index in [1.807, 2.05) is 0 Å². The molecule has 0 radical (unpaired) electrons. The molecule has 0 spiro atoms. The zero-order chi connectivity index (χ0) is 16.6. The molecule has 9 nitrogen and oxygen atoms in total. The van der Waals surface area contributed by atoms with Crippen LogP contribution < -0.4 is 15.8 Å². The first kappa shape index (κ1) is 15.2. The Morgan fingerprint density at radius 1 is 1.26 bits per heavy atom. The van der Waals surface area contributed by atoms with Gasteiger partial charge in [0, 0.05) is 33.2 Å². The molecule has 2 aromatic heterocycles. The maximum atomic E-state index is 12.2. The zero-order valence-electron chi connectivity index (χ0n) is 13.0. The summed E-state index contributed by atoms with van der Waals surface area (Å²) in [5, 5.41) is 11.2. The Balaban J connectivity index is 2.11. The van der Waals surface area contributed by atoms with E-state index in [1.54, 1.807) is 19.2 Å². The van der Waals surface area contributed by atoms with Crippen LogP contribution in [0.25, 0.3) is 11.0 Å². The molecule has 0 aliphatic carbocycles. The van der Waals surface area contributed by atoms with E-state index in [0.717, 1.165) is 32.0 Å². The Bertz CT molecular complexity index is 810. The van der Waals surface area contributed by atoms with E-state index in [1.165, 1.54) is 10.9 Å². The van der Waals surface area contributed by atoms with Gasteiger partial charge in [0.15, 0.2) is 5.65 Å². The topological polar surface area (TPSA) is 96.5 Å². The minimum Gasteiger partial charge on any atom is -0.354 e. The highest BCUT2D eigenvalue weighted by atomic mass is 16.6. The predicted octanol–water partition coefficient (Wildman–Crippen LogP) is 0.230. The molecule has 1 saturated heterocycles. The number of pyridine rings is 2. The molecule has 0 amide bonds. The SMILES string of the molecule is CNn1cc([N+](=O)[O-])c(=O)c2ccc(N3CCN(C)CC3)nc21. The van der Waals surface area contributed by atoms with Crippen molar-refractivity contribution in [3.63, 3.8) is 0 Å². The van der Waals surface area contributed by atoms with Gasteiger partial charge in [0.1, 0.15) is 12.0 Å². The molecule has 0 saturated carbocycles. The first-order valence-electron chi connectivity index (χ1n) is 7.33. The van der Waals surface area contributed by atoms with Crippen molar-refractivity contribution in [1.29, 1.82) is 0 Å². The Labute approximate surface area is 132 Å². The van der Waals surface area contributed by atoms with Crippen molar-refractivity contribution in [3.8, 4) is 0 Å². The lowest BCUT2D eigenvalue weighted by Crippen LogP contribution is -2.44. The lowest BCUT2D eigenvalue weighted by atomic mass is 10.2. The number of nitrogens with one attached hydrogen (secondary N) is 1. The first-order chi connectivity index (χ1) is 11.0. The summed E-state index contributed by atoms with van der Waals surface area (Å²) in [6, 6.07) is 3.36. The number of nitro groups is 1. The highest BCUT2D eigenvalue weighted by molar-refractivity contribution is 5.79. The molecule has 3 heterocycles. The Kier molecular flexibility index (Phi) is 3.87. The van der Waals surface area contributed by atoms with Gasteiger partial charge < -0.3 is 15.2 Å². The van der Waals surface area contributed by atoms with Crippen molar-refractivity contribution in [1.82, 2.24) is 14.6 Å². The second kappa shape index (κ2) is 5.84. The third-order valence-corrected chi connectivity index (χ3v) is 4.08. The summed E-state index contributed by atoms with van der Waals surface area (Å²) >= 11 is 0. The van der Waals surface area contributed by atoms with Gasteiger partial charge in [0.25, 0.3) is 5.43 Å². The summed E-state index contributed by atoms with van der Waals surface area (Å²) in [5.74, 6) is 0.767. The fraction of sp³-hybridized carbons (Fsp3) is 0.429. The molecule has 23 heavy (non-hydrogen) atoms. The smallest absolute Gasteiger partial charge is 0.335 e. The largest absolute Gasteiger partial charge is 0.354 e. The number of piperazine rings is 1. The van der Waals surface area contributed by atoms with E-state index in [9.17, 15) is 14.9 Å². The maximum Gasteiger partial charge on any atom is 0.335 e. The van der Waals surface area contributed by atoms with Gasteiger partial charge in [0.05, 0.1) is 10.3 Å². The number of fused-ring (bicyclic) bond motifs is 1. The van der Waals surface area contributed by atoms with E-state index >= 15 is 0 Å². The number of likely N-dealkylation sites (N-methyl/N-ethyl adjacent to an activating group) is 1. The molecule has 0 bridgehead atoms. The van der Waals surface area contributed by atoms with Gasteiger partial charge in [-0.25, -0.2) is 9.66 Å². The van der Waals surface area contributed by atoms with Gasteiger partial charge >= 0.3 is 5.69 Å². The van der Waals surface area contributed by atoms with E-state index in [4.69, 9.17) is 0 Å². The standard InChI is InChI=1S/C14H18N6O3/c1-15-19-9-11(20(22)23)13(21)10-3-4-12(16-14(10)19)18-7-5-17(2)6-8-18/h3-4,9,15H,5-8H2,1-2H3. The predicted molar refractivity (Wildman–Crippen MR) is 87.7 cm³/mol. The third-order valence-electron chi connectivity index (χ3n) is 4.08. The molecule has 1 aliphatic heterocycles. The first-order valence-corrected chi connectivity index (χ1v) is 7.33. The van der Waals surface area contributed by atoms with E-state index in [2.05, 4.69) is 27.3 Å². The Morgan fingerprint density at radius 2 is 1.96 bits per heavy atom. The molecule has 0 aromatic carbocycles. The van der Waals surface area contributed by atoms with Gasteiger partial charge in [-0.2, -0.15) is 0 Å². The summed E-state index contributed by atoms with van der Waals surface area (Å²) in [7, 11) is 3.70. The minimum absolute atomic E-state index is 0.228. The van der Waals surface area contributed by atoms with Crippen LogP contribution in [0.4, 0.5) is 11.5 Å². The van der Waals surface area contributed by atoms with Crippen LogP contribution in [0.15, 0.2) is 23.1 Å². The molecule has 1 fully saturated rings. The van der Waals surface area contributed by atoms with Crippen LogP contribution in [0.1, 0.15) is 0 Å². The normalized spacial score (nSPS) is 15.8. The molecule has 122 valence electrons. The molecule has 3 rings (SSSR count). The fourth-order valence-corrected chi connectivity index (χ4v) is 2.69. The summed E-state index contributed by atoms with van der Waals surface area (Å²) in [4.78, 5) is 31.5. The van der Waals surface area contributed by atoms with Crippen LogP contribution in [-0.4, -0.2) is 59.8 Å². The number of nitrogens with zero attached hydrogens (tertiary/aromatic N) is 5. The average Bonchev–Trinajstić information content (AvgIpc) is 2.55. The molecular weight excluding hydrogens is 300 g/mol. The summed E-state index contributed by atoms with van der Waals surface area (Å²) in [6.07, 6.45) is 1.17. The molecular formula is C14H18N6O3. The van der Waals surface area contributed by atoms with Crippen LogP contribution in [0, 0.1) is 10.1 Å². The second-order valence-corrected chi connectivity index (χ2v) is 5.53. The Hall–Kier alpha value is -2.68. The molecule has 1 N–H and O–H groups in total. The van der Waals surface area contributed by atoms with Crippen LogP contribution >= 0.6 is 0 Å². The van der Waals surface area contributed by atoms with E-state index in [0.29, 0.717) is 5.65 Å². The van der Waals surface area contributed by atoms with Crippen molar-refractivity contribution in [2.75, 3.05) is 50.6 Å². The Morgan fingerprint density at radius 3 is 2.57 bits per heavy atom. The number of anilines is 1. The van der Waals surface area contributed by atoms with Crippen molar-refractivity contribution in [2.24, 2.45) is 0 Å². The highest BCUT2D eigenvalue weighted by Gasteiger charge is 2.20. The van der Waals surface area contributed by atoms with Crippen molar-refractivity contribution < 1.29 is 4.92 Å². The quantitative estimate of drug-likeness (QED) is 0.639. The second-order valence-electron chi connectivity index (χ2n) is 5.53. The summed E-state index contributed by atoms with van der Waals surface area (Å²) in [6.45, 7) is 3.59. The van der Waals surface area contributed by atoms with E-state index in [-0.39, 0.29) is 5.39 Å². The van der Waals surface area contributed by atoms with Crippen LogP contribution in [-0.2, 0) is 0 Å². The van der Waals surface area contributed by atoms with Gasteiger partial charge in [-0.3, -0.25) is 14.9 Å². The number of rotatable bonds is 3. The summed E-state index contributed by atoms with van der Waals surface area (Å²) in [5.41, 5.74) is 2.11. The van der Waals surface area contributed by atoms with Crippen molar-refractivity contribution in [2.45, 2.75) is 0 Å². The van der Waals surface area contributed by atoms with Crippen LogP contribution in [0.2, 0.25) is 0 Å². The highest BCUT2D eigenvalue weighted by Crippen LogP contribution is 2.19. The lowest BCUT2D eigenvalue weighted by Gasteiger charge is -2.33. The number of hydrogen-bond acceptors (Lipinski definition) is 7. The van der Waals surface area contributed by atoms with Gasteiger partial charge in [-0.15, -0.1) is 0 Å².